The fourth-order valence-electron chi connectivity index (χ4n) is 4.56. The van der Waals surface area contributed by atoms with E-state index in [2.05, 4.69) is 6.58 Å². The Labute approximate surface area is 307 Å². The normalized spacial score (nSPS) is 10.4. The molecule has 0 N–H and O–H groups in total. The lowest BCUT2D eigenvalue weighted by Crippen LogP contribution is -2.11. The topological polar surface area (TPSA) is 150 Å². The molecule has 0 saturated heterocycles. The van der Waals surface area contributed by atoms with Crippen molar-refractivity contribution in [3.63, 3.8) is 0 Å². The average Bonchev–Trinajstić information content (AvgIpc) is 3.16. The van der Waals surface area contributed by atoms with E-state index in [0.717, 1.165) is 6.08 Å². The van der Waals surface area contributed by atoms with Gasteiger partial charge in [-0.25, -0.2) is 19.2 Å². The summed E-state index contributed by atoms with van der Waals surface area (Å²) in [6, 6.07) is 23.6. The highest BCUT2D eigenvalue weighted by Gasteiger charge is 2.15. The molecule has 4 aromatic carbocycles. The van der Waals surface area contributed by atoms with E-state index in [1.807, 2.05) is 0 Å². The van der Waals surface area contributed by atoms with Crippen LogP contribution >= 0.6 is 0 Å². The Kier molecular flexibility index (Phi) is 15.2. The van der Waals surface area contributed by atoms with Crippen molar-refractivity contribution in [1.82, 2.24) is 0 Å². The molecule has 4 aromatic rings. The smallest absolute Gasteiger partial charge is 0.343 e. The molecule has 0 bridgehead atoms. The number of benzene rings is 4. The van der Waals surface area contributed by atoms with E-state index in [1.165, 1.54) is 43.3 Å². The van der Waals surface area contributed by atoms with Gasteiger partial charge >= 0.3 is 29.8 Å². The Bertz CT molecular complexity index is 1860. The summed E-state index contributed by atoms with van der Waals surface area (Å²) in [4.78, 5) is 60.0. The largest absolute Gasteiger partial charge is 0.494 e. The average molecular weight is 725 g/mol. The highest BCUT2D eigenvalue weighted by Crippen LogP contribution is 2.26. The maximum absolute atomic E-state index is 12.9. The molecule has 0 fully saturated rings. The number of hydrogen-bond acceptors (Lipinski definition) is 12. The number of unbranched alkanes of at least 4 members (excludes halogenated alkanes) is 2. The van der Waals surface area contributed by atoms with Crippen molar-refractivity contribution < 1.29 is 57.1 Å². The fraction of sp³-hybridized carbons (Fsp3) is 0.244. The molecule has 0 saturated carbocycles. The first-order valence-electron chi connectivity index (χ1n) is 16.9. The van der Waals surface area contributed by atoms with Crippen molar-refractivity contribution in [1.29, 1.82) is 0 Å². The zero-order valence-corrected chi connectivity index (χ0v) is 29.5. The van der Waals surface area contributed by atoms with Crippen molar-refractivity contribution >= 4 is 29.8 Å². The summed E-state index contributed by atoms with van der Waals surface area (Å²) < 4.78 is 37.6. The van der Waals surface area contributed by atoms with E-state index in [0.29, 0.717) is 73.7 Å². The molecule has 0 heterocycles. The van der Waals surface area contributed by atoms with Gasteiger partial charge in [-0.2, -0.15) is 0 Å². The van der Waals surface area contributed by atoms with Gasteiger partial charge in [0.1, 0.15) is 28.7 Å². The van der Waals surface area contributed by atoms with Crippen LogP contribution in [0.3, 0.4) is 0 Å². The number of carbonyl (C=O) groups is 5. The molecule has 0 aromatic heterocycles. The van der Waals surface area contributed by atoms with E-state index in [-0.39, 0.29) is 35.4 Å². The number of carbonyl (C=O) groups excluding carboxylic acids is 5. The number of ether oxygens (including phenoxy) is 7. The van der Waals surface area contributed by atoms with E-state index >= 15 is 0 Å². The molecule has 0 spiro atoms. The number of hydrogen-bond donors (Lipinski definition) is 0. The minimum absolute atomic E-state index is 0.231. The van der Waals surface area contributed by atoms with Gasteiger partial charge in [0.25, 0.3) is 0 Å². The summed E-state index contributed by atoms with van der Waals surface area (Å²) in [7, 11) is 0. The molecule has 53 heavy (non-hydrogen) atoms. The summed E-state index contributed by atoms with van der Waals surface area (Å²) in [5, 5.41) is 0. The second-order valence-corrected chi connectivity index (χ2v) is 11.5. The molecular weight excluding hydrogens is 684 g/mol. The van der Waals surface area contributed by atoms with Crippen LogP contribution in [-0.2, 0) is 19.1 Å². The Balaban J connectivity index is 1.20. The molecule has 0 amide bonds. The Morgan fingerprint density at radius 1 is 0.528 bits per heavy atom. The molecular formula is C41H40O12. The fourth-order valence-corrected chi connectivity index (χ4v) is 4.56. The van der Waals surface area contributed by atoms with Gasteiger partial charge in [-0.1, -0.05) is 6.58 Å². The minimum atomic E-state index is -0.629. The summed E-state index contributed by atoms with van der Waals surface area (Å²) in [5.41, 5.74) is 1.43. The lowest BCUT2D eigenvalue weighted by Gasteiger charge is -2.11. The maximum Gasteiger partial charge on any atom is 0.343 e. The van der Waals surface area contributed by atoms with Crippen molar-refractivity contribution in [3.05, 3.63) is 126 Å². The molecule has 0 aliphatic heterocycles. The van der Waals surface area contributed by atoms with Crippen molar-refractivity contribution in [2.24, 2.45) is 0 Å². The van der Waals surface area contributed by atoms with Crippen molar-refractivity contribution in [2.45, 2.75) is 39.5 Å². The van der Waals surface area contributed by atoms with Gasteiger partial charge < -0.3 is 33.2 Å². The highest BCUT2D eigenvalue weighted by atomic mass is 16.6. The molecule has 0 aliphatic carbocycles. The monoisotopic (exact) mass is 724 g/mol. The summed E-state index contributed by atoms with van der Waals surface area (Å²) in [6.45, 7) is 7.92. The van der Waals surface area contributed by atoms with Crippen LogP contribution in [0.2, 0.25) is 0 Å². The zero-order valence-electron chi connectivity index (χ0n) is 29.5. The first-order chi connectivity index (χ1) is 25.6. The van der Waals surface area contributed by atoms with E-state index in [1.54, 1.807) is 61.5 Å². The highest BCUT2D eigenvalue weighted by molar-refractivity contribution is 5.93. The van der Waals surface area contributed by atoms with E-state index in [9.17, 15) is 24.0 Å². The van der Waals surface area contributed by atoms with E-state index in [4.69, 9.17) is 33.2 Å². The summed E-state index contributed by atoms with van der Waals surface area (Å²) >= 11 is 0. The van der Waals surface area contributed by atoms with Gasteiger partial charge in [0.05, 0.1) is 43.1 Å². The van der Waals surface area contributed by atoms with Crippen LogP contribution in [0.4, 0.5) is 0 Å². The molecule has 4 rings (SSSR count). The maximum atomic E-state index is 12.9. The Morgan fingerprint density at radius 3 is 1.42 bits per heavy atom. The van der Waals surface area contributed by atoms with Crippen LogP contribution in [0.1, 0.15) is 69.2 Å². The van der Waals surface area contributed by atoms with Gasteiger partial charge in [-0.15, -0.1) is 0 Å². The summed E-state index contributed by atoms with van der Waals surface area (Å²) in [6.07, 6.45) is 3.84. The number of rotatable bonds is 19. The second kappa shape index (κ2) is 20.4. The number of aryl methyl sites for hydroxylation is 1. The SMILES string of the molecule is C=CC(=O)OCCCCOc1ccc(C(=O)Oc2ccc(C(=O)Oc3ccc(OC(=O)c4ccc(OCCCCOC(C)=O)cc4)cc3C)cc2)cc1. The number of esters is 5. The predicted octanol–water partition coefficient (Wildman–Crippen LogP) is 7.26. The Hall–Kier alpha value is -6.43. The van der Waals surface area contributed by atoms with Crippen LogP contribution in [-0.4, -0.2) is 56.3 Å². The van der Waals surface area contributed by atoms with Crippen LogP contribution in [0.15, 0.2) is 104 Å². The first-order valence-corrected chi connectivity index (χ1v) is 16.9. The third-order valence-corrected chi connectivity index (χ3v) is 7.37. The summed E-state index contributed by atoms with van der Waals surface area (Å²) in [5.74, 6) is -0.589. The van der Waals surface area contributed by atoms with E-state index < -0.39 is 23.9 Å². The van der Waals surface area contributed by atoms with Gasteiger partial charge in [-0.05, 0) is 129 Å². The molecule has 276 valence electrons. The molecule has 0 aliphatic rings. The molecule has 0 atom stereocenters. The van der Waals surface area contributed by atoms with Gasteiger partial charge in [0, 0.05) is 13.0 Å². The zero-order chi connectivity index (χ0) is 38.0. The van der Waals surface area contributed by atoms with Crippen molar-refractivity contribution in [2.75, 3.05) is 26.4 Å². The van der Waals surface area contributed by atoms with Crippen LogP contribution in [0.5, 0.6) is 28.7 Å². The standard InChI is InChI=1S/C41H40O12/c1-4-38(43)50-26-8-7-25-49-33-15-9-30(10-16-33)39(44)51-35-19-13-32(14-20-35)41(46)53-37-22-21-36(27-28(37)2)52-40(45)31-11-17-34(18-12-31)48-24-6-5-23-47-29(3)42/h4,9-22,27H,1,5-8,23-26H2,2-3H3. The third kappa shape index (κ3) is 13.3. The lowest BCUT2D eigenvalue weighted by molar-refractivity contribution is -0.141. The quantitative estimate of drug-likeness (QED) is 0.0414. The Morgan fingerprint density at radius 2 is 0.943 bits per heavy atom. The molecule has 0 radical (unpaired) electrons. The van der Waals surface area contributed by atoms with Gasteiger partial charge in [0.15, 0.2) is 0 Å². The molecule has 0 unspecified atom stereocenters. The third-order valence-electron chi connectivity index (χ3n) is 7.37. The first kappa shape index (κ1) is 39.4. The predicted molar refractivity (Wildman–Crippen MR) is 193 cm³/mol. The van der Waals surface area contributed by atoms with Crippen LogP contribution in [0.25, 0.3) is 0 Å². The van der Waals surface area contributed by atoms with Crippen molar-refractivity contribution in [3.8, 4) is 28.7 Å². The van der Waals surface area contributed by atoms with Gasteiger partial charge in [-0.3, -0.25) is 4.79 Å². The molecule has 12 heteroatoms. The lowest BCUT2D eigenvalue weighted by atomic mass is 10.2. The van der Waals surface area contributed by atoms with Crippen LogP contribution < -0.4 is 23.7 Å². The molecule has 12 nitrogen and oxygen atoms in total. The second-order valence-electron chi connectivity index (χ2n) is 11.5. The van der Waals surface area contributed by atoms with Crippen LogP contribution in [0, 0.1) is 6.92 Å². The van der Waals surface area contributed by atoms with Gasteiger partial charge in [0.2, 0.25) is 0 Å². The minimum Gasteiger partial charge on any atom is -0.494 e.